The number of rotatable bonds is 3. The van der Waals surface area contributed by atoms with Crippen LogP contribution in [0, 0.1) is 0 Å². The predicted octanol–water partition coefficient (Wildman–Crippen LogP) is 1.17. The smallest absolute Gasteiger partial charge is 0.304 e. The number of hydrogen-bond donors (Lipinski definition) is 2. The summed E-state index contributed by atoms with van der Waals surface area (Å²) in [5.74, 6) is -0.771. The standard InChI is InChI=1S/C5H10O2S/c1-2-4(8)3-5(6)7/h4,8H,2-3H2,1H3,(H,6,7)/t4-/m1/s1. The summed E-state index contributed by atoms with van der Waals surface area (Å²) in [5.41, 5.74) is 0. The van der Waals surface area contributed by atoms with E-state index in [2.05, 4.69) is 12.6 Å². The van der Waals surface area contributed by atoms with Crippen LogP contribution in [0.2, 0.25) is 0 Å². The monoisotopic (exact) mass is 134 g/mol. The van der Waals surface area contributed by atoms with Crippen molar-refractivity contribution in [3.8, 4) is 0 Å². The van der Waals surface area contributed by atoms with Crippen molar-refractivity contribution >= 4 is 18.6 Å². The topological polar surface area (TPSA) is 37.3 Å². The normalized spacial score (nSPS) is 13.2. The second-order valence-electron chi connectivity index (χ2n) is 1.66. The van der Waals surface area contributed by atoms with E-state index in [1.807, 2.05) is 6.92 Å². The Kier molecular flexibility index (Phi) is 3.69. The maximum Gasteiger partial charge on any atom is 0.304 e. The first-order valence-electron chi connectivity index (χ1n) is 2.56. The first kappa shape index (κ1) is 7.82. The van der Waals surface area contributed by atoms with Crippen LogP contribution in [0.4, 0.5) is 0 Å². The highest BCUT2D eigenvalue weighted by molar-refractivity contribution is 7.81. The van der Waals surface area contributed by atoms with Gasteiger partial charge in [-0.1, -0.05) is 6.92 Å². The number of carbonyl (C=O) groups is 1. The van der Waals surface area contributed by atoms with Gasteiger partial charge in [-0.25, -0.2) is 0 Å². The lowest BCUT2D eigenvalue weighted by atomic mass is 10.2. The van der Waals surface area contributed by atoms with Crippen LogP contribution in [0.15, 0.2) is 0 Å². The van der Waals surface area contributed by atoms with Crippen molar-refractivity contribution in [2.24, 2.45) is 0 Å². The quantitative estimate of drug-likeness (QED) is 0.568. The molecule has 0 aromatic rings. The van der Waals surface area contributed by atoms with Crippen LogP contribution in [0.5, 0.6) is 0 Å². The van der Waals surface area contributed by atoms with Crippen molar-refractivity contribution in [1.29, 1.82) is 0 Å². The number of carboxylic acid groups (broad SMARTS) is 1. The van der Waals surface area contributed by atoms with Crippen molar-refractivity contribution < 1.29 is 9.90 Å². The molecule has 0 aromatic heterocycles. The molecule has 0 aromatic carbocycles. The molecule has 0 radical (unpaired) electrons. The lowest BCUT2D eigenvalue weighted by molar-refractivity contribution is -0.136. The van der Waals surface area contributed by atoms with Gasteiger partial charge in [0.15, 0.2) is 0 Å². The van der Waals surface area contributed by atoms with E-state index in [0.717, 1.165) is 6.42 Å². The maximum absolute atomic E-state index is 9.92. The van der Waals surface area contributed by atoms with Gasteiger partial charge in [-0.05, 0) is 6.42 Å². The molecule has 0 rings (SSSR count). The first-order chi connectivity index (χ1) is 3.66. The molecule has 0 bridgehead atoms. The fraction of sp³-hybridized carbons (Fsp3) is 0.800. The summed E-state index contributed by atoms with van der Waals surface area (Å²) in [6.07, 6.45) is 0.981. The van der Waals surface area contributed by atoms with E-state index in [4.69, 9.17) is 5.11 Å². The zero-order chi connectivity index (χ0) is 6.57. The molecule has 48 valence electrons. The van der Waals surface area contributed by atoms with Crippen LogP contribution in [0.3, 0.4) is 0 Å². The Morgan fingerprint density at radius 1 is 1.88 bits per heavy atom. The number of aliphatic carboxylic acids is 1. The number of thiol groups is 1. The van der Waals surface area contributed by atoms with E-state index in [0.29, 0.717) is 0 Å². The van der Waals surface area contributed by atoms with E-state index in [1.165, 1.54) is 0 Å². The molecule has 0 saturated carbocycles. The zero-order valence-electron chi connectivity index (χ0n) is 4.79. The van der Waals surface area contributed by atoms with Crippen LogP contribution in [-0.4, -0.2) is 16.3 Å². The minimum absolute atomic E-state index is 0.0208. The maximum atomic E-state index is 9.92. The van der Waals surface area contributed by atoms with Gasteiger partial charge in [0.1, 0.15) is 0 Å². The molecule has 0 saturated heterocycles. The summed E-state index contributed by atoms with van der Waals surface area (Å²) in [4.78, 5) is 9.92. The molecule has 0 heterocycles. The van der Waals surface area contributed by atoms with E-state index >= 15 is 0 Å². The molecule has 0 fully saturated rings. The number of hydrogen-bond acceptors (Lipinski definition) is 2. The Labute approximate surface area is 54.3 Å². The Bertz CT molecular complexity index is 82.5. The molecule has 0 unspecified atom stereocenters. The summed E-state index contributed by atoms with van der Waals surface area (Å²) in [6.45, 7) is 1.92. The first-order valence-corrected chi connectivity index (χ1v) is 3.08. The van der Waals surface area contributed by atoms with Crippen molar-refractivity contribution in [1.82, 2.24) is 0 Å². The Morgan fingerprint density at radius 3 is 2.50 bits per heavy atom. The molecular weight excluding hydrogens is 124 g/mol. The largest absolute Gasteiger partial charge is 0.481 e. The Morgan fingerprint density at radius 2 is 2.38 bits per heavy atom. The summed E-state index contributed by atoms with van der Waals surface area (Å²) in [7, 11) is 0. The van der Waals surface area contributed by atoms with Gasteiger partial charge in [0.05, 0.1) is 6.42 Å². The van der Waals surface area contributed by atoms with Gasteiger partial charge in [0, 0.05) is 5.25 Å². The molecule has 1 N–H and O–H groups in total. The lowest BCUT2D eigenvalue weighted by Gasteiger charge is -1.99. The second-order valence-corrected chi connectivity index (χ2v) is 2.39. The van der Waals surface area contributed by atoms with Gasteiger partial charge < -0.3 is 5.11 Å². The van der Waals surface area contributed by atoms with E-state index in [-0.39, 0.29) is 11.7 Å². The molecule has 3 heteroatoms. The van der Waals surface area contributed by atoms with Gasteiger partial charge in [0.2, 0.25) is 0 Å². The van der Waals surface area contributed by atoms with Crippen LogP contribution in [0.1, 0.15) is 19.8 Å². The summed E-state index contributed by atoms with van der Waals surface area (Å²) in [5, 5.41) is 8.19. The summed E-state index contributed by atoms with van der Waals surface area (Å²) in [6, 6.07) is 0. The molecule has 0 aliphatic heterocycles. The van der Waals surface area contributed by atoms with Crippen LogP contribution in [0.25, 0.3) is 0 Å². The van der Waals surface area contributed by atoms with Gasteiger partial charge in [0.25, 0.3) is 0 Å². The minimum Gasteiger partial charge on any atom is -0.481 e. The van der Waals surface area contributed by atoms with Gasteiger partial charge in [-0.15, -0.1) is 0 Å². The highest BCUT2D eigenvalue weighted by Gasteiger charge is 2.03. The third kappa shape index (κ3) is 3.99. The highest BCUT2D eigenvalue weighted by atomic mass is 32.1. The highest BCUT2D eigenvalue weighted by Crippen LogP contribution is 2.04. The minimum atomic E-state index is -0.771. The fourth-order valence-electron chi connectivity index (χ4n) is 0.346. The third-order valence-electron chi connectivity index (χ3n) is 0.881. The fourth-order valence-corrected chi connectivity index (χ4v) is 0.502. The van der Waals surface area contributed by atoms with Gasteiger partial charge >= 0.3 is 5.97 Å². The Balaban J connectivity index is 3.24. The molecule has 0 aliphatic rings. The number of carboxylic acids is 1. The SMILES string of the molecule is CC[C@@H](S)CC(=O)O. The van der Waals surface area contributed by atoms with Crippen molar-refractivity contribution in [2.45, 2.75) is 25.0 Å². The van der Waals surface area contributed by atoms with E-state index in [9.17, 15) is 4.79 Å². The second kappa shape index (κ2) is 3.78. The average molecular weight is 134 g/mol. The van der Waals surface area contributed by atoms with Gasteiger partial charge in [-0.3, -0.25) is 4.79 Å². The van der Waals surface area contributed by atoms with Crippen LogP contribution in [-0.2, 0) is 4.79 Å². The van der Waals surface area contributed by atoms with Crippen molar-refractivity contribution in [3.63, 3.8) is 0 Å². The Hall–Kier alpha value is -0.180. The summed E-state index contributed by atoms with van der Waals surface area (Å²) >= 11 is 3.99. The third-order valence-corrected chi connectivity index (χ3v) is 1.43. The molecule has 0 spiro atoms. The van der Waals surface area contributed by atoms with E-state index < -0.39 is 5.97 Å². The molecular formula is C5H10O2S. The molecule has 0 amide bonds. The molecule has 0 aliphatic carbocycles. The molecule has 1 atom stereocenters. The average Bonchev–Trinajstić information content (AvgIpc) is 1.65. The molecule has 8 heavy (non-hydrogen) atoms. The van der Waals surface area contributed by atoms with Crippen LogP contribution < -0.4 is 0 Å². The van der Waals surface area contributed by atoms with Crippen molar-refractivity contribution in [2.75, 3.05) is 0 Å². The predicted molar refractivity (Wildman–Crippen MR) is 35.3 cm³/mol. The summed E-state index contributed by atoms with van der Waals surface area (Å²) < 4.78 is 0. The van der Waals surface area contributed by atoms with E-state index in [1.54, 1.807) is 0 Å². The van der Waals surface area contributed by atoms with Crippen molar-refractivity contribution in [3.05, 3.63) is 0 Å². The zero-order valence-corrected chi connectivity index (χ0v) is 5.69. The van der Waals surface area contributed by atoms with Crippen LogP contribution >= 0.6 is 12.6 Å². The van der Waals surface area contributed by atoms with Gasteiger partial charge in [-0.2, -0.15) is 12.6 Å². The lowest BCUT2D eigenvalue weighted by Crippen LogP contribution is -2.04. The molecule has 2 nitrogen and oxygen atoms in total.